The molecule has 0 saturated carbocycles. The number of hydrogen-bond donors (Lipinski definition) is 2. The first kappa shape index (κ1) is 19.8. The van der Waals surface area contributed by atoms with Gasteiger partial charge in [-0.1, -0.05) is 0 Å². The van der Waals surface area contributed by atoms with Crippen molar-refractivity contribution in [3.8, 4) is 0 Å². The van der Waals surface area contributed by atoms with Crippen LogP contribution in [0, 0.1) is 6.92 Å². The predicted octanol–water partition coefficient (Wildman–Crippen LogP) is 4.70. The number of pyridine rings is 1. The molecule has 0 aliphatic carbocycles. The van der Waals surface area contributed by atoms with Gasteiger partial charge in [0.2, 0.25) is 0 Å². The third-order valence-corrected chi connectivity index (χ3v) is 4.11. The first-order valence-electron chi connectivity index (χ1n) is 9.13. The van der Waals surface area contributed by atoms with E-state index in [0.717, 1.165) is 30.0 Å². The zero-order valence-electron chi connectivity index (χ0n) is 16.7. The van der Waals surface area contributed by atoms with Gasteiger partial charge < -0.3 is 15.5 Å². The Labute approximate surface area is 156 Å². The molecule has 5 heteroatoms. The maximum absolute atomic E-state index is 12.6. The summed E-state index contributed by atoms with van der Waals surface area (Å²) in [6.07, 6.45) is 3.31. The van der Waals surface area contributed by atoms with E-state index >= 15 is 0 Å². The Morgan fingerprint density at radius 3 is 2.38 bits per heavy atom. The van der Waals surface area contributed by atoms with E-state index in [4.69, 9.17) is 0 Å². The van der Waals surface area contributed by atoms with Crippen LogP contribution in [0.5, 0.6) is 0 Å². The van der Waals surface area contributed by atoms with Crippen LogP contribution in [0.2, 0.25) is 0 Å². The van der Waals surface area contributed by atoms with E-state index in [1.165, 1.54) is 5.69 Å². The first-order chi connectivity index (χ1) is 12.2. The van der Waals surface area contributed by atoms with Crippen molar-refractivity contribution in [3.05, 3.63) is 47.8 Å². The number of carbonyl (C=O) groups excluding carboxylic acids is 1. The lowest BCUT2D eigenvalue weighted by Crippen LogP contribution is -2.26. The molecule has 1 amide bonds. The Balaban J connectivity index is 2.16. The molecule has 0 spiro atoms. The van der Waals surface area contributed by atoms with Crippen LogP contribution in [0.25, 0.3) is 0 Å². The normalized spacial score (nSPS) is 11.2. The highest BCUT2D eigenvalue weighted by molar-refractivity contribution is 6.05. The number of aryl methyl sites for hydroxylation is 1. The van der Waals surface area contributed by atoms with Crippen molar-refractivity contribution in [1.29, 1.82) is 0 Å². The summed E-state index contributed by atoms with van der Waals surface area (Å²) in [5, 5.41) is 6.33. The third kappa shape index (κ3) is 5.22. The molecule has 5 nitrogen and oxygen atoms in total. The largest absolute Gasteiger partial charge is 0.379 e. The molecule has 140 valence electrons. The maximum atomic E-state index is 12.6. The van der Waals surface area contributed by atoms with Gasteiger partial charge >= 0.3 is 0 Å². The minimum Gasteiger partial charge on any atom is -0.379 e. The molecule has 1 aromatic carbocycles. The number of carbonyl (C=O) groups is 1. The average molecular weight is 354 g/mol. The second-order valence-corrected chi connectivity index (χ2v) is 7.46. The molecule has 0 atom stereocenters. The van der Waals surface area contributed by atoms with Crippen LogP contribution < -0.4 is 15.5 Å². The predicted molar refractivity (Wildman–Crippen MR) is 110 cm³/mol. The van der Waals surface area contributed by atoms with Gasteiger partial charge in [-0.25, -0.2) is 0 Å². The maximum Gasteiger partial charge on any atom is 0.257 e. The fourth-order valence-corrected chi connectivity index (χ4v) is 2.83. The molecule has 0 fully saturated rings. The summed E-state index contributed by atoms with van der Waals surface area (Å²) in [7, 11) is 0. The van der Waals surface area contributed by atoms with Crippen molar-refractivity contribution in [1.82, 2.24) is 4.98 Å². The second-order valence-electron chi connectivity index (χ2n) is 7.46. The molecule has 26 heavy (non-hydrogen) atoms. The molecule has 2 N–H and O–H groups in total. The van der Waals surface area contributed by atoms with E-state index < -0.39 is 0 Å². The van der Waals surface area contributed by atoms with Crippen molar-refractivity contribution < 1.29 is 4.79 Å². The minimum atomic E-state index is -0.159. The molecule has 1 aromatic heterocycles. The number of hydrogen-bond acceptors (Lipinski definition) is 4. The van der Waals surface area contributed by atoms with Crippen LogP contribution in [0.1, 0.15) is 50.5 Å². The zero-order chi connectivity index (χ0) is 19.3. The first-order valence-corrected chi connectivity index (χ1v) is 9.13. The van der Waals surface area contributed by atoms with Gasteiger partial charge in [-0.2, -0.15) is 0 Å². The summed E-state index contributed by atoms with van der Waals surface area (Å²) >= 11 is 0. The van der Waals surface area contributed by atoms with Crippen molar-refractivity contribution in [2.45, 2.75) is 47.1 Å². The van der Waals surface area contributed by atoms with E-state index in [9.17, 15) is 4.79 Å². The monoisotopic (exact) mass is 354 g/mol. The number of anilines is 3. The summed E-state index contributed by atoms with van der Waals surface area (Å²) < 4.78 is 0. The molecule has 0 saturated heterocycles. The van der Waals surface area contributed by atoms with Gasteiger partial charge in [-0.15, -0.1) is 0 Å². The number of nitrogens with zero attached hydrogens (tertiary/aromatic N) is 2. The molecule has 1 heterocycles. The van der Waals surface area contributed by atoms with Crippen LogP contribution in [0.15, 0.2) is 36.7 Å². The van der Waals surface area contributed by atoms with Gasteiger partial charge in [-0.3, -0.25) is 9.78 Å². The standard InChI is InChI=1S/C21H30N4O/c1-7-25(8-2)18-9-10-19(15(3)11-18)23-20(26)16-12-17(14-22-13-16)24-21(4,5)6/h9-14,24H,7-8H2,1-6H3,(H,23,26). The zero-order valence-corrected chi connectivity index (χ0v) is 16.7. The smallest absolute Gasteiger partial charge is 0.257 e. The van der Waals surface area contributed by atoms with Gasteiger partial charge in [0.1, 0.15) is 0 Å². The topological polar surface area (TPSA) is 57.3 Å². The highest BCUT2D eigenvalue weighted by Crippen LogP contribution is 2.23. The quantitative estimate of drug-likeness (QED) is 0.789. The summed E-state index contributed by atoms with van der Waals surface area (Å²) in [5.41, 5.74) is 4.31. The molecule has 0 aliphatic rings. The fourth-order valence-electron chi connectivity index (χ4n) is 2.83. The van der Waals surface area contributed by atoms with Gasteiger partial charge in [0.25, 0.3) is 5.91 Å². The van der Waals surface area contributed by atoms with E-state index in [1.54, 1.807) is 12.4 Å². The Morgan fingerprint density at radius 1 is 1.12 bits per heavy atom. The lowest BCUT2D eigenvalue weighted by atomic mass is 10.1. The Hall–Kier alpha value is -2.56. The van der Waals surface area contributed by atoms with Crippen molar-refractivity contribution in [3.63, 3.8) is 0 Å². The molecule has 0 unspecified atom stereocenters. The lowest BCUT2D eigenvalue weighted by Gasteiger charge is -2.22. The highest BCUT2D eigenvalue weighted by Gasteiger charge is 2.13. The van der Waals surface area contributed by atoms with Crippen molar-refractivity contribution in [2.24, 2.45) is 0 Å². The molecular weight excluding hydrogens is 324 g/mol. The van der Waals surface area contributed by atoms with E-state index in [1.807, 2.05) is 25.1 Å². The minimum absolute atomic E-state index is 0.0897. The average Bonchev–Trinajstić information content (AvgIpc) is 2.57. The van der Waals surface area contributed by atoms with E-state index in [-0.39, 0.29) is 11.4 Å². The Morgan fingerprint density at radius 2 is 1.81 bits per heavy atom. The molecular formula is C21H30N4O. The fraction of sp³-hybridized carbons (Fsp3) is 0.429. The molecule has 2 aromatic rings. The second kappa shape index (κ2) is 8.21. The summed E-state index contributed by atoms with van der Waals surface area (Å²) in [4.78, 5) is 19.1. The summed E-state index contributed by atoms with van der Waals surface area (Å²) in [6, 6.07) is 7.95. The Kier molecular flexibility index (Phi) is 6.24. The van der Waals surface area contributed by atoms with Gasteiger partial charge in [0, 0.05) is 42.4 Å². The van der Waals surface area contributed by atoms with Crippen LogP contribution in [0.4, 0.5) is 17.1 Å². The number of benzene rings is 1. The van der Waals surface area contributed by atoms with Crippen LogP contribution in [-0.4, -0.2) is 29.5 Å². The van der Waals surface area contributed by atoms with Crippen LogP contribution in [0.3, 0.4) is 0 Å². The van der Waals surface area contributed by atoms with E-state index in [0.29, 0.717) is 5.56 Å². The van der Waals surface area contributed by atoms with E-state index in [2.05, 4.69) is 61.2 Å². The SMILES string of the molecule is CCN(CC)c1ccc(NC(=O)c2cncc(NC(C)(C)C)c2)c(C)c1. The van der Waals surface area contributed by atoms with Gasteiger partial charge in [0.05, 0.1) is 11.3 Å². The Bertz CT molecular complexity index is 761. The number of rotatable bonds is 6. The lowest BCUT2D eigenvalue weighted by molar-refractivity contribution is 0.102. The number of amides is 1. The van der Waals surface area contributed by atoms with Crippen LogP contribution in [-0.2, 0) is 0 Å². The molecule has 0 radical (unpaired) electrons. The number of nitrogens with one attached hydrogen (secondary N) is 2. The number of aromatic nitrogens is 1. The molecule has 0 aliphatic heterocycles. The van der Waals surface area contributed by atoms with Crippen LogP contribution >= 0.6 is 0 Å². The van der Waals surface area contributed by atoms with Gasteiger partial charge in [0.15, 0.2) is 0 Å². The van der Waals surface area contributed by atoms with Crippen molar-refractivity contribution >= 4 is 23.0 Å². The summed E-state index contributed by atoms with van der Waals surface area (Å²) in [5.74, 6) is -0.159. The molecule has 0 bridgehead atoms. The third-order valence-electron chi connectivity index (χ3n) is 4.11. The molecule has 2 rings (SSSR count). The van der Waals surface area contributed by atoms with Gasteiger partial charge in [-0.05, 0) is 71.4 Å². The summed E-state index contributed by atoms with van der Waals surface area (Å²) in [6.45, 7) is 14.4. The van der Waals surface area contributed by atoms with Crippen molar-refractivity contribution in [2.75, 3.05) is 28.6 Å². The highest BCUT2D eigenvalue weighted by atomic mass is 16.1.